The summed E-state index contributed by atoms with van der Waals surface area (Å²) in [6.07, 6.45) is 4.29. The largest absolute Gasteiger partial charge is 0.301 e. The zero-order valence-electron chi connectivity index (χ0n) is 14.6. The van der Waals surface area contributed by atoms with Crippen LogP contribution in [0.3, 0.4) is 0 Å². The number of rotatable bonds is 4. The number of hydrogen-bond acceptors (Lipinski definition) is 3. The second-order valence-electron chi connectivity index (χ2n) is 8.34. The first kappa shape index (κ1) is 15.8. The van der Waals surface area contributed by atoms with Crippen molar-refractivity contribution in [3.8, 4) is 0 Å². The lowest BCUT2D eigenvalue weighted by atomic mass is 9.93. The predicted molar refractivity (Wildman–Crippen MR) is 89.6 cm³/mol. The van der Waals surface area contributed by atoms with Gasteiger partial charge < -0.3 is 9.80 Å². The van der Waals surface area contributed by atoms with Gasteiger partial charge in [0, 0.05) is 44.3 Å². The molecule has 2 atom stereocenters. The molecule has 0 radical (unpaired) electrons. The lowest BCUT2D eigenvalue weighted by Gasteiger charge is -2.39. The van der Waals surface area contributed by atoms with Gasteiger partial charge in [-0.1, -0.05) is 0 Å². The Hall–Kier alpha value is -0.120. The van der Waals surface area contributed by atoms with Crippen molar-refractivity contribution in [2.75, 3.05) is 39.3 Å². The highest BCUT2D eigenvalue weighted by Gasteiger charge is 2.39. The maximum absolute atomic E-state index is 2.80. The fraction of sp³-hybridized carbons (Fsp3) is 1.00. The van der Waals surface area contributed by atoms with Crippen molar-refractivity contribution in [2.45, 2.75) is 65.1 Å². The molecule has 122 valence electrons. The molecule has 3 rings (SSSR count). The summed E-state index contributed by atoms with van der Waals surface area (Å²) in [5.74, 6) is 1.90. The van der Waals surface area contributed by atoms with Gasteiger partial charge in [0.15, 0.2) is 0 Å². The molecular formula is C18H35N3. The van der Waals surface area contributed by atoms with Crippen LogP contribution in [0, 0.1) is 11.8 Å². The first-order valence-corrected chi connectivity index (χ1v) is 9.25. The summed E-state index contributed by atoms with van der Waals surface area (Å²) in [7, 11) is 0. The summed E-state index contributed by atoms with van der Waals surface area (Å²) >= 11 is 0. The van der Waals surface area contributed by atoms with E-state index < -0.39 is 0 Å². The third-order valence-corrected chi connectivity index (χ3v) is 6.09. The van der Waals surface area contributed by atoms with E-state index in [1.54, 1.807) is 0 Å². The Bertz CT molecular complexity index is 333. The Labute approximate surface area is 131 Å². The molecule has 3 heteroatoms. The van der Waals surface area contributed by atoms with E-state index in [2.05, 4.69) is 42.4 Å². The molecule has 21 heavy (non-hydrogen) atoms. The molecule has 0 N–H and O–H groups in total. The number of nitrogens with zero attached hydrogens (tertiary/aromatic N) is 3. The minimum Gasteiger partial charge on any atom is -0.301 e. The van der Waals surface area contributed by atoms with Gasteiger partial charge in [0.1, 0.15) is 0 Å². The van der Waals surface area contributed by atoms with Crippen LogP contribution in [0.2, 0.25) is 0 Å². The van der Waals surface area contributed by atoms with Crippen LogP contribution >= 0.6 is 0 Å². The Balaban J connectivity index is 1.47. The molecule has 0 amide bonds. The van der Waals surface area contributed by atoms with E-state index in [1.165, 1.54) is 58.5 Å². The number of hydrogen-bond donors (Lipinski definition) is 0. The number of likely N-dealkylation sites (tertiary alicyclic amines) is 3. The van der Waals surface area contributed by atoms with Gasteiger partial charge in [0.25, 0.3) is 0 Å². The van der Waals surface area contributed by atoms with E-state index >= 15 is 0 Å². The quantitative estimate of drug-likeness (QED) is 0.788. The average molecular weight is 293 g/mol. The molecule has 0 aromatic heterocycles. The third-order valence-electron chi connectivity index (χ3n) is 6.09. The van der Waals surface area contributed by atoms with Crippen molar-refractivity contribution in [3.05, 3.63) is 0 Å². The summed E-state index contributed by atoms with van der Waals surface area (Å²) in [6, 6.07) is 2.31. The molecule has 3 saturated heterocycles. The average Bonchev–Trinajstić information content (AvgIpc) is 2.74. The summed E-state index contributed by atoms with van der Waals surface area (Å²) in [5.41, 5.74) is 0. The third kappa shape index (κ3) is 3.62. The van der Waals surface area contributed by atoms with Crippen LogP contribution in [0.15, 0.2) is 0 Å². The smallest absolute Gasteiger partial charge is 0.0229 e. The second kappa shape index (κ2) is 6.55. The normalized spacial score (nSPS) is 33.4. The van der Waals surface area contributed by atoms with Gasteiger partial charge >= 0.3 is 0 Å². The Morgan fingerprint density at radius 1 is 0.905 bits per heavy atom. The second-order valence-corrected chi connectivity index (χ2v) is 8.34. The van der Waals surface area contributed by atoms with E-state index in [0.29, 0.717) is 0 Å². The van der Waals surface area contributed by atoms with E-state index in [-0.39, 0.29) is 0 Å². The van der Waals surface area contributed by atoms with Crippen LogP contribution < -0.4 is 0 Å². The molecule has 3 nitrogen and oxygen atoms in total. The molecule has 3 fully saturated rings. The molecule has 0 aromatic rings. The lowest BCUT2D eigenvalue weighted by molar-refractivity contribution is 0.0947. The lowest BCUT2D eigenvalue weighted by Crippen LogP contribution is -2.47. The molecular weight excluding hydrogens is 258 g/mol. The molecule has 2 bridgehead atoms. The van der Waals surface area contributed by atoms with E-state index in [9.17, 15) is 0 Å². The fourth-order valence-corrected chi connectivity index (χ4v) is 4.89. The minimum absolute atomic E-state index is 0.731. The summed E-state index contributed by atoms with van der Waals surface area (Å²) in [4.78, 5) is 8.21. The molecule has 2 unspecified atom stereocenters. The van der Waals surface area contributed by atoms with Crippen LogP contribution in [0.4, 0.5) is 0 Å². The van der Waals surface area contributed by atoms with Gasteiger partial charge in [-0.25, -0.2) is 0 Å². The van der Waals surface area contributed by atoms with Gasteiger partial charge in [-0.2, -0.15) is 0 Å². The molecule has 0 spiro atoms. The molecule has 3 aliphatic heterocycles. The SMILES string of the molecule is CC(C)N1CCC(CN2CC3CC(C2)N(C(C)C)C3)CC1. The predicted octanol–water partition coefficient (Wildman–Crippen LogP) is 2.52. The van der Waals surface area contributed by atoms with Gasteiger partial charge in [0.05, 0.1) is 0 Å². The van der Waals surface area contributed by atoms with Crippen LogP contribution in [0.25, 0.3) is 0 Å². The maximum atomic E-state index is 2.80. The van der Waals surface area contributed by atoms with Gasteiger partial charge in [-0.15, -0.1) is 0 Å². The maximum Gasteiger partial charge on any atom is 0.0229 e. The van der Waals surface area contributed by atoms with Crippen LogP contribution in [-0.4, -0.2) is 72.1 Å². The highest BCUT2D eigenvalue weighted by Crippen LogP contribution is 2.32. The topological polar surface area (TPSA) is 9.72 Å². The summed E-state index contributed by atoms with van der Waals surface area (Å²) in [6.45, 7) is 17.5. The fourth-order valence-electron chi connectivity index (χ4n) is 4.89. The Morgan fingerprint density at radius 2 is 1.62 bits per heavy atom. The number of fused-ring (bicyclic) bond motifs is 2. The first-order chi connectivity index (χ1) is 10.0. The van der Waals surface area contributed by atoms with E-state index in [4.69, 9.17) is 0 Å². The van der Waals surface area contributed by atoms with Crippen LogP contribution in [0.5, 0.6) is 0 Å². The molecule has 0 saturated carbocycles. The van der Waals surface area contributed by atoms with Crippen molar-refractivity contribution in [3.63, 3.8) is 0 Å². The Morgan fingerprint density at radius 3 is 2.24 bits per heavy atom. The summed E-state index contributed by atoms with van der Waals surface area (Å²) < 4.78 is 0. The Kier molecular flexibility index (Phi) is 4.92. The van der Waals surface area contributed by atoms with Gasteiger partial charge in [0.2, 0.25) is 0 Å². The number of piperidine rings is 2. The van der Waals surface area contributed by atoms with Crippen molar-refractivity contribution in [2.24, 2.45) is 11.8 Å². The zero-order chi connectivity index (χ0) is 15.0. The van der Waals surface area contributed by atoms with Crippen molar-refractivity contribution < 1.29 is 0 Å². The van der Waals surface area contributed by atoms with Crippen molar-refractivity contribution >= 4 is 0 Å². The standard InChI is InChI=1S/C18H35N3/c1-14(2)20-7-5-16(6-8-20)10-19-11-17-9-18(13-19)21(12-17)15(3)4/h14-18H,5-13H2,1-4H3. The summed E-state index contributed by atoms with van der Waals surface area (Å²) in [5, 5.41) is 0. The minimum atomic E-state index is 0.731. The van der Waals surface area contributed by atoms with Gasteiger partial charge in [-0.05, 0) is 71.9 Å². The first-order valence-electron chi connectivity index (χ1n) is 9.25. The van der Waals surface area contributed by atoms with E-state index in [0.717, 1.165) is 30.0 Å². The molecule has 0 aromatic carbocycles. The van der Waals surface area contributed by atoms with Crippen molar-refractivity contribution in [1.29, 1.82) is 0 Å². The van der Waals surface area contributed by atoms with Crippen LogP contribution in [-0.2, 0) is 0 Å². The van der Waals surface area contributed by atoms with Gasteiger partial charge in [-0.3, -0.25) is 4.90 Å². The van der Waals surface area contributed by atoms with E-state index in [1.807, 2.05) is 0 Å². The van der Waals surface area contributed by atoms with Crippen LogP contribution in [0.1, 0.15) is 47.0 Å². The molecule has 0 aliphatic carbocycles. The highest BCUT2D eigenvalue weighted by atomic mass is 15.3. The zero-order valence-corrected chi connectivity index (χ0v) is 14.6. The highest BCUT2D eigenvalue weighted by molar-refractivity contribution is 4.95. The monoisotopic (exact) mass is 293 g/mol. The van der Waals surface area contributed by atoms with Crippen molar-refractivity contribution in [1.82, 2.24) is 14.7 Å². The molecule has 3 heterocycles. The molecule has 3 aliphatic rings.